The molecule has 1 amide bonds. The summed E-state index contributed by atoms with van der Waals surface area (Å²) in [6.07, 6.45) is 8.42. The zero-order chi connectivity index (χ0) is 13.3. The van der Waals surface area contributed by atoms with Gasteiger partial charge in [0.25, 0.3) is 0 Å². The monoisotopic (exact) mass is 270 g/mol. The Morgan fingerprint density at radius 1 is 1.33 bits per heavy atom. The molecule has 0 aromatic rings. The normalized spacial score (nSPS) is 27.4. The van der Waals surface area contributed by atoms with Crippen molar-refractivity contribution in [3.05, 3.63) is 0 Å². The van der Waals surface area contributed by atoms with Gasteiger partial charge < -0.3 is 4.90 Å². The van der Waals surface area contributed by atoms with E-state index in [1.54, 1.807) is 0 Å². The van der Waals surface area contributed by atoms with E-state index in [0.29, 0.717) is 38.9 Å². The van der Waals surface area contributed by atoms with Gasteiger partial charge >= 0.3 is 0 Å². The number of hydrogen-bond donors (Lipinski definition) is 0. The third kappa shape index (κ3) is 2.68. The lowest BCUT2D eigenvalue weighted by molar-refractivity contribution is -0.130. The number of piperidine rings is 1. The summed E-state index contributed by atoms with van der Waals surface area (Å²) < 4.78 is 24.3. The van der Waals surface area contributed by atoms with Gasteiger partial charge in [0.15, 0.2) is 0 Å². The average Bonchev–Trinajstić information content (AvgIpc) is 2.70. The molecule has 18 heavy (non-hydrogen) atoms. The second kappa shape index (κ2) is 4.90. The number of terminal acetylenes is 1. The minimum absolute atomic E-state index is 0.0189. The predicted molar refractivity (Wildman–Crippen MR) is 68.1 cm³/mol. The minimum Gasteiger partial charge on any atom is -0.338 e. The highest BCUT2D eigenvalue weighted by Gasteiger charge is 2.36. The molecule has 1 atom stereocenters. The van der Waals surface area contributed by atoms with Crippen LogP contribution in [0, 0.1) is 18.3 Å². The molecule has 6 heteroatoms. The molecule has 1 unspecified atom stereocenters. The molecule has 2 aliphatic rings. The third-order valence-electron chi connectivity index (χ3n) is 3.73. The topological polar surface area (TPSA) is 57.7 Å². The van der Waals surface area contributed by atoms with E-state index in [9.17, 15) is 13.2 Å². The average molecular weight is 270 g/mol. The van der Waals surface area contributed by atoms with Crippen molar-refractivity contribution in [2.75, 3.05) is 25.9 Å². The molecule has 0 bridgehead atoms. The van der Waals surface area contributed by atoms with Crippen LogP contribution >= 0.6 is 0 Å². The van der Waals surface area contributed by atoms with Crippen molar-refractivity contribution >= 4 is 15.9 Å². The number of likely N-dealkylation sites (tertiary alicyclic amines) is 1. The van der Waals surface area contributed by atoms with Gasteiger partial charge in [0.1, 0.15) is 0 Å². The van der Waals surface area contributed by atoms with E-state index in [2.05, 4.69) is 5.92 Å². The highest BCUT2D eigenvalue weighted by Crippen LogP contribution is 2.25. The smallest absolute Gasteiger partial charge is 0.224 e. The zero-order valence-corrected chi connectivity index (χ0v) is 11.3. The second-order valence-corrected chi connectivity index (χ2v) is 6.99. The van der Waals surface area contributed by atoms with Crippen LogP contribution in [-0.4, -0.2) is 55.5 Å². The Balaban J connectivity index is 1.95. The highest BCUT2D eigenvalue weighted by molar-refractivity contribution is 7.88. The van der Waals surface area contributed by atoms with Crippen LogP contribution in [0.4, 0.5) is 0 Å². The van der Waals surface area contributed by atoms with Crippen LogP contribution < -0.4 is 0 Å². The first kappa shape index (κ1) is 13.4. The molecular formula is C12H18N2O3S. The van der Waals surface area contributed by atoms with Crippen molar-refractivity contribution in [3.63, 3.8) is 0 Å². The molecule has 0 spiro atoms. The molecule has 0 aliphatic carbocycles. The maximum Gasteiger partial charge on any atom is 0.224 e. The SMILES string of the molecule is C#CC1CC(=O)N(C2CCN(S(C)(=O)=O)CC2)C1. The van der Waals surface area contributed by atoms with Crippen LogP contribution in [0.15, 0.2) is 0 Å². The van der Waals surface area contributed by atoms with Crippen molar-refractivity contribution in [1.82, 2.24) is 9.21 Å². The van der Waals surface area contributed by atoms with Gasteiger partial charge in [-0.15, -0.1) is 12.3 Å². The summed E-state index contributed by atoms with van der Waals surface area (Å²) in [7, 11) is -3.10. The molecule has 2 heterocycles. The van der Waals surface area contributed by atoms with E-state index >= 15 is 0 Å². The fourth-order valence-electron chi connectivity index (χ4n) is 2.68. The zero-order valence-electron chi connectivity index (χ0n) is 10.5. The van der Waals surface area contributed by atoms with E-state index < -0.39 is 10.0 Å². The van der Waals surface area contributed by atoms with Gasteiger partial charge in [0.05, 0.1) is 6.26 Å². The first-order chi connectivity index (χ1) is 8.41. The number of amides is 1. The van der Waals surface area contributed by atoms with E-state index in [0.717, 1.165) is 0 Å². The van der Waals surface area contributed by atoms with Crippen molar-refractivity contribution in [1.29, 1.82) is 0 Å². The summed E-state index contributed by atoms with van der Waals surface area (Å²) in [5.74, 6) is 2.75. The van der Waals surface area contributed by atoms with E-state index in [1.807, 2.05) is 4.90 Å². The lowest BCUT2D eigenvalue weighted by Gasteiger charge is -2.35. The molecule has 0 N–H and O–H groups in total. The second-order valence-electron chi connectivity index (χ2n) is 5.01. The quantitative estimate of drug-likeness (QED) is 0.658. The molecule has 100 valence electrons. The maximum atomic E-state index is 11.8. The molecule has 0 radical (unpaired) electrons. The Labute approximate surface area is 108 Å². The Morgan fingerprint density at radius 2 is 1.94 bits per heavy atom. The molecule has 2 aliphatic heterocycles. The lowest BCUT2D eigenvalue weighted by Crippen LogP contribution is -2.47. The summed E-state index contributed by atoms with van der Waals surface area (Å²) >= 11 is 0. The summed E-state index contributed by atoms with van der Waals surface area (Å²) in [5, 5.41) is 0. The Kier molecular flexibility index (Phi) is 3.64. The van der Waals surface area contributed by atoms with Crippen molar-refractivity contribution < 1.29 is 13.2 Å². The molecule has 0 aromatic heterocycles. The lowest BCUT2D eigenvalue weighted by atomic mass is 10.1. The molecule has 2 saturated heterocycles. The summed E-state index contributed by atoms with van der Waals surface area (Å²) in [5.41, 5.74) is 0. The Morgan fingerprint density at radius 3 is 2.39 bits per heavy atom. The number of carbonyl (C=O) groups excluding carboxylic acids is 1. The summed E-state index contributed by atoms with van der Waals surface area (Å²) in [6.45, 7) is 1.61. The molecular weight excluding hydrogens is 252 g/mol. The fourth-order valence-corrected chi connectivity index (χ4v) is 3.56. The van der Waals surface area contributed by atoms with Crippen molar-refractivity contribution in [2.24, 2.45) is 5.92 Å². The predicted octanol–water partition coefficient (Wildman–Crippen LogP) is -0.108. The largest absolute Gasteiger partial charge is 0.338 e. The number of rotatable bonds is 2. The summed E-state index contributed by atoms with van der Waals surface area (Å²) in [4.78, 5) is 13.7. The van der Waals surface area contributed by atoms with E-state index in [1.165, 1.54) is 10.6 Å². The van der Waals surface area contributed by atoms with Gasteiger partial charge in [-0.2, -0.15) is 0 Å². The van der Waals surface area contributed by atoms with Gasteiger partial charge in [-0.1, -0.05) is 0 Å². The molecule has 2 rings (SSSR count). The number of nitrogens with zero attached hydrogens (tertiary/aromatic N) is 2. The van der Waals surface area contributed by atoms with Gasteiger partial charge in [0, 0.05) is 38.0 Å². The third-order valence-corrected chi connectivity index (χ3v) is 5.03. The Hall–Kier alpha value is -1.06. The van der Waals surface area contributed by atoms with Gasteiger partial charge in [-0.3, -0.25) is 4.79 Å². The van der Waals surface area contributed by atoms with Crippen molar-refractivity contribution in [3.8, 4) is 12.3 Å². The fraction of sp³-hybridized carbons (Fsp3) is 0.750. The number of hydrogen-bond acceptors (Lipinski definition) is 3. The van der Waals surface area contributed by atoms with Gasteiger partial charge in [-0.05, 0) is 12.8 Å². The van der Waals surface area contributed by atoms with Crippen LogP contribution in [0.25, 0.3) is 0 Å². The van der Waals surface area contributed by atoms with E-state index in [-0.39, 0.29) is 17.9 Å². The van der Waals surface area contributed by atoms with Crippen LogP contribution in [0.1, 0.15) is 19.3 Å². The van der Waals surface area contributed by atoms with Crippen LogP contribution in [-0.2, 0) is 14.8 Å². The Bertz CT molecular complexity index is 472. The number of carbonyl (C=O) groups is 1. The highest BCUT2D eigenvalue weighted by atomic mass is 32.2. The van der Waals surface area contributed by atoms with Crippen LogP contribution in [0.5, 0.6) is 0 Å². The first-order valence-corrected chi connectivity index (χ1v) is 7.97. The maximum absolute atomic E-state index is 11.8. The molecule has 0 saturated carbocycles. The standard InChI is InChI=1S/C12H18N2O3S/c1-3-10-8-12(15)14(9-10)11-4-6-13(7-5-11)18(2,16)17/h1,10-11H,4-9H2,2H3. The van der Waals surface area contributed by atoms with Gasteiger partial charge in [0.2, 0.25) is 15.9 Å². The van der Waals surface area contributed by atoms with Gasteiger partial charge in [-0.25, -0.2) is 12.7 Å². The van der Waals surface area contributed by atoms with Crippen LogP contribution in [0.3, 0.4) is 0 Å². The molecule has 5 nitrogen and oxygen atoms in total. The molecule has 0 aromatic carbocycles. The van der Waals surface area contributed by atoms with E-state index in [4.69, 9.17) is 6.42 Å². The number of sulfonamides is 1. The summed E-state index contributed by atoms with van der Waals surface area (Å²) in [6, 6.07) is 0.147. The minimum atomic E-state index is -3.10. The first-order valence-electron chi connectivity index (χ1n) is 6.12. The molecule has 2 fully saturated rings. The van der Waals surface area contributed by atoms with Crippen LogP contribution in [0.2, 0.25) is 0 Å². The van der Waals surface area contributed by atoms with Crippen molar-refractivity contribution in [2.45, 2.75) is 25.3 Å².